The highest BCUT2D eigenvalue weighted by Gasteiger charge is 1.93. The summed E-state index contributed by atoms with van der Waals surface area (Å²) in [5, 5.41) is 0. The van der Waals surface area contributed by atoms with Gasteiger partial charge in [-0.05, 0) is 56.4 Å². The highest BCUT2D eigenvalue weighted by Crippen LogP contribution is 2.17. The summed E-state index contributed by atoms with van der Waals surface area (Å²) in [6, 6.07) is 16.7. The van der Waals surface area contributed by atoms with E-state index in [1.165, 1.54) is 28.8 Å². The molecule has 0 heterocycles. The molecule has 0 unspecified atom stereocenters. The molecule has 0 bridgehead atoms. The van der Waals surface area contributed by atoms with Gasteiger partial charge >= 0.3 is 0 Å². The van der Waals surface area contributed by atoms with E-state index in [9.17, 15) is 0 Å². The predicted octanol–water partition coefficient (Wildman–Crippen LogP) is 9.13. The third-order valence-corrected chi connectivity index (χ3v) is 3.58. The molecule has 1 heteroatoms. The van der Waals surface area contributed by atoms with E-state index in [4.69, 9.17) is 0 Å². The van der Waals surface area contributed by atoms with Crippen molar-refractivity contribution in [1.29, 1.82) is 0 Å². The fourth-order valence-electron chi connectivity index (χ4n) is 1.98. The van der Waals surface area contributed by atoms with Gasteiger partial charge in [0.15, 0.2) is 0 Å². The van der Waals surface area contributed by atoms with Gasteiger partial charge in [-0.1, -0.05) is 97.9 Å². The SMILES string of the molecule is C.CC.CCC.CCC(C)=Nc1ccccc1C.CCc1ccccc1C. The van der Waals surface area contributed by atoms with Gasteiger partial charge in [0.25, 0.3) is 0 Å². The number of hydrogen-bond donors (Lipinski definition) is 0. The largest absolute Gasteiger partial charge is 0.258 e. The Kier molecular flexibility index (Phi) is 22.6. The van der Waals surface area contributed by atoms with Gasteiger partial charge in [0, 0.05) is 5.71 Å². The van der Waals surface area contributed by atoms with Crippen LogP contribution in [0.4, 0.5) is 5.69 Å². The van der Waals surface area contributed by atoms with Crippen molar-refractivity contribution in [2.75, 3.05) is 0 Å². The molecule has 27 heavy (non-hydrogen) atoms. The van der Waals surface area contributed by atoms with Crippen LogP contribution in [0, 0.1) is 13.8 Å². The lowest BCUT2D eigenvalue weighted by Crippen LogP contribution is -1.86. The molecule has 0 saturated carbocycles. The molecule has 0 aromatic heterocycles. The zero-order valence-corrected chi connectivity index (χ0v) is 18.7. The Labute approximate surface area is 171 Å². The van der Waals surface area contributed by atoms with Gasteiger partial charge in [-0.3, -0.25) is 4.99 Å². The van der Waals surface area contributed by atoms with E-state index in [-0.39, 0.29) is 7.43 Å². The molecule has 2 rings (SSSR count). The summed E-state index contributed by atoms with van der Waals surface area (Å²) in [5.41, 5.74) is 6.38. The Bertz CT molecular complexity index is 597. The van der Waals surface area contributed by atoms with Crippen molar-refractivity contribution in [3.63, 3.8) is 0 Å². The molecule has 154 valence electrons. The number of hydrogen-bond acceptors (Lipinski definition) is 1. The van der Waals surface area contributed by atoms with Crippen molar-refractivity contribution >= 4 is 11.4 Å². The Balaban J connectivity index is -0.000000342. The van der Waals surface area contributed by atoms with E-state index in [2.05, 4.69) is 89.9 Å². The first-order chi connectivity index (χ1) is 12.5. The number of benzene rings is 2. The van der Waals surface area contributed by atoms with Crippen LogP contribution in [-0.4, -0.2) is 5.71 Å². The smallest absolute Gasteiger partial charge is 0.0658 e. The molecule has 0 amide bonds. The van der Waals surface area contributed by atoms with E-state index in [0.29, 0.717) is 0 Å². The average Bonchev–Trinajstić information content (AvgIpc) is 2.67. The Morgan fingerprint density at radius 1 is 0.778 bits per heavy atom. The van der Waals surface area contributed by atoms with Crippen LogP contribution < -0.4 is 0 Å². The van der Waals surface area contributed by atoms with Crippen LogP contribution in [0.15, 0.2) is 53.5 Å². The van der Waals surface area contributed by atoms with Crippen molar-refractivity contribution in [3.8, 4) is 0 Å². The number of aliphatic imine (C=N–C) groups is 1. The van der Waals surface area contributed by atoms with E-state index in [0.717, 1.165) is 18.5 Å². The van der Waals surface area contributed by atoms with Crippen molar-refractivity contribution in [3.05, 3.63) is 65.2 Å². The summed E-state index contributed by atoms with van der Waals surface area (Å²) in [6.07, 6.45) is 3.42. The van der Waals surface area contributed by atoms with Gasteiger partial charge in [0.2, 0.25) is 0 Å². The molecule has 0 spiro atoms. The van der Waals surface area contributed by atoms with E-state index >= 15 is 0 Å². The standard InChI is InChI=1S/C11H15N.C9H12.C3H8.C2H6.CH4/c1-4-10(3)12-11-8-6-5-7-9(11)2;1-3-9-7-5-4-6-8(9)2;1-3-2;1-2;/h5-8H,4H2,1-3H3;4-7H,3H2,1-2H3;3H2,1-2H3;1-2H3;1H4. The lowest BCUT2D eigenvalue weighted by atomic mass is 10.1. The summed E-state index contributed by atoms with van der Waals surface area (Å²) >= 11 is 0. The Morgan fingerprint density at radius 3 is 1.59 bits per heavy atom. The highest BCUT2D eigenvalue weighted by molar-refractivity contribution is 5.84. The molecule has 0 aliphatic rings. The van der Waals surface area contributed by atoms with Crippen LogP contribution in [0.2, 0.25) is 0 Å². The Morgan fingerprint density at radius 2 is 1.22 bits per heavy atom. The minimum atomic E-state index is 0. The monoisotopic (exact) mass is 371 g/mol. The van der Waals surface area contributed by atoms with Crippen molar-refractivity contribution < 1.29 is 0 Å². The maximum absolute atomic E-state index is 4.49. The second kappa shape index (κ2) is 20.4. The number of para-hydroxylation sites is 1. The molecule has 0 N–H and O–H groups in total. The van der Waals surface area contributed by atoms with E-state index < -0.39 is 0 Å². The third kappa shape index (κ3) is 14.9. The summed E-state index contributed by atoms with van der Waals surface area (Å²) in [6.45, 7) is 18.9. The first-order valence-electron chi connectivity index (χ1n) is 10.1. The highest BCUT2D eigenvalue weighted by atomic mass is 14.7. The summed E-state index contributed by atoms with van der Waals surface area (Å²) < 4.78 is 0. The molecule has 2 aromatic carbocycles. The molecule has 0 atom stereocenters. The fraction of sp³-hybridized carbons (Fsp3) is 0.500. The predicted molar refractivity (Wildman–Crippen MR) is 129 cm³/mol. The summed E-state index contributed by atoms with van der Waals surface area (Å²) in [4.78, 5) is 4.49. The van der Waals surface area contributed by atoms with Crippen LogP contribution in [0.3, 0.4) is 0 Å². The molecule has 0 saturated heterocycles. The minimum absolute atomic E-state index is 0. The van der Waals surface area contributed by atoms with Gasteiger partial charge in [0.1, 0.15) is 0 Å². The Hall–Kier alpha value is -1.89. The van der Waals surface area contributed by atoms with Crippen LogP contribution >= 0.6 is 0 Å². The van der Waals surface area contributed by atoms with Crippen LogP contribution in [0.5, 0.6) is 0 Å². The summed E-state index contributed by atoms with van der Waals surface area (Å²) in [5.74, 6) is 0. The quantitative estimate of drug-likeness (QED) is 0.477. The second-order valence-electron chi connectivity index (χ2n) is 5.97. The lowest BCUT2D eigenvalue weighted by Gasteiger charge is -2.00. The molecule has 0 radical (unpaired) electrons. The normalized spacial score (nSPS) is 9.30. The number of aryl methyl sites for hydroxylation is 3. The second-order valence-corrected chi connectivity index (χ2v) is 5.97. The molecule has 1 nitrogen and oxygen atoms in total. The van der Waals surface area contributed by atoms with Gasteiger partial charge in [-0.15, -0.1) is 0 Å². The molecule has 0 aliphatic heterocycles. The zero-order chi connectivity index (χ0) is 20.4. The molecular weight excluding hydrogens is 326 g/mol. The van der Waals surface area contributed by atoms with Crippen LogP contribution in [0.25, 0.3) is 0 Å². The van der Waals surface area contributed by atoms with Crippen molar-refractivity contribution in [1.82, 2.24) is 0 Å². The summed E-state index contributed by atoms with van der Waals surface area (Å²) in [7, 11) is 0. The molecule has 2 aromatic rings. The lowest BCUT2D eigenvalue weighted by molar-refractivity contribution is 1.09. The number of rotatable bonds is 3. The van der Waals surface area contributed by atoms with Gasteiger partial charge in [-0.2, -0.15) is 0 Å². The van der Waals surface area contributed by atoms with Crippen LogP contribution in [-0.2, 0) is 6.42 Å². The topological polar surface area (TPSA) is 12.4 Å². The average molecular weight is 372 g/mol. The maximum atomic E-state index is 4.49. The van der Waals surface area contributed by atoms with Gasteiger partial charge < -0.3 is 0 Å². The van der Waals surface area contributed by atoms with Crippen molar-refractivity contribution in [2.24, 2.45) is 4.99 Å². The first-order valence-corrected chi connectivity index (χ1v) is 10.1. The minimum Gasteiger partial charge on any atom is -0.258 e. The van der Waals surface area contributed by atoms with Gasteiger partial charge in [-0.25, -0.2) is 0 Å². The third-order valence-electron chi connectivity index (χ3n) is 3.58. The molecular formula is C26H45N. The van der Waals surface area contributed by atoms with E-state index in [1.807, 2.05) is 26.0 Å². The van der Waals surface area contributed by atoms with Crippen molar-refractivity contribution in [2.45, 2.75) is 89.0 Å². The first kappa shape index (κ1) is 29.9. The van der Waals surface area contributed by atoms with Gasteiger partial charge in [0.05, 0.1) is 5.69 Å². The van der Waals surface area contributed by atoms with Crippen LogP contribution in [0.1, 0.15) is 85.4 Å². The number of nitrogens with zero attached hydrogens (tertiary/aromatic N) is 1. The van der Waals surface area contributed by atoms with E-state index in [1.54, 1.807) is 0 Å². The maximum Gasteiger partial charge on any atom is 0.0658 e. The molecule has 0 aliphatic carbocycles. The zero-order valence-electron chi connectivity index (χ0n) is 18.7. The fourth-order valence-corrected chi connectivity index (χ4v) is 1.98. The molecule has 0 fully saturated rings.